The Balaban J connectivity index is 1.22. The Morgan fingerprint density at radius 2 is 1.41 bits per heavy atom. The van der Waals surface area contributed by atoms with Crippen LogP contribution in [-0.2, 0) is 16.3 Å². The first-order valence-corrected chi connectivity index (χ1v) is 16.0. The number of nitrogens with one attached hydrogen (secondary N) is 2. The number of halogens is 5. The highest BCUT2D eigenvalue weighted by molar-refractivity contribution is 8.45. The van der Waals surface area contributed by atoms with Crippen LogP contribution in [0, 0.1) is 0 Å². The quantitative estimate of drug-likeness (QED) is 0.294. The molecule has 2 aliphatic rings. The summed E-state index contributed by atoms with van der Waals surface area (Å²) in [5, 5.41) is 5.24. The second-order valence-electron chi connectivity index (χ2n) is 10.1. The molecule has 0 aromatic heterocycles. The summed E-state index contributed by atoms with van der Waals surface area (Å²) in [5.41, 5.74) is 3.61. The van der Waals surface area contributed by atoms with Crippen molar-refractivity contribution in [1.29, 1.82) is 0 Å². The minimum Gasteiger partial charge on any atom is -0.382 e. The third kappa shape index (κ3) is 5.91. The summed E-state index contributed by atoms with van der Waals surface area (Å²) in [6.07, 6.45) is 2.38. The van der Waals surface area contributed by atoms with Crippen LogP contribution in [0.4, 0.5) is 25.1 Å². The van der Waals surface area contributed by atoms with Crippen LogP contribution in [0.2, 0.25) is 0 Å². The minimum atomic E-state index is -9.72. The zero-order valence-corrected chi connectivity index (χ0v) is 22.3. The van der Waals surface area contributed by atoms with Gasteiger partial charge in [-0.25, -0.2) is 8.42 Å². The highest BCUT2D eigenvalue weighted by Crippen LogP contribution is 3.02. The highest BCUT2D eigenvalue weighted by Gasteiger charge is 2.65. The number of amides is 1. The second-order valence-corrected chi connectivity index (χ2v) is 14.7. The fourth-order valence-electron chi connectivity index (χ4n) is 5.20. The van der Waals surface area contributed by atoms with E-state index in [4.69, 9.17) is 0 Å². The van der Waals surface area contributed by atoms with Crippen LogP contribution in [0.5, 0.6) is 0 Å². The maximum Gasteiger partial charge on any atom is 0.310 e. The Labute approximate surface area is 223 Å². The van der Waals surface area contributed by atoms with Gasteiger partial charge in [-0.1, -0.05) is 43.7 Å². The highest BCUT2D eigenvalue weighted by atomic mass is 32.5. The third-order valence-electron chi connectivity index (χ3n) is 7.33. The summed E-state index contributed by atoms with van der Waals surface area (Å²) in [6.45, 7) is 0.578. The number of carbonyl (C=O) groups excluding carboxylic acids is 1. The smallest absolute Gasteiger partial charge is 0.310 e. The van der Waals surface area contributed by atoms with Crippen LogP contribution in [0.1, 0.15) is 41.6 Å². The summed E-state index contributed by atoms with van der Waals surface area (Å²) >= 11 is 0. The Morgan fingerprint density at radius 1 is 0.795 bits per heavy atom. The lowest BCUT2D eigenvalue weighted by Gasteiger charge is -2.40. The van der Waals surface area contributed by atoms with Crippen molar-refractivity contribution >= 4 is 31.7 Å². The van der Waals surface area contributed by atoms with Gasteiger partial charge < -0.3 is 10.6 Å². The number of hydrogen-bond donors (Lipinski definition) is 2. The molecule has 39 heavy (non-hydrogen) atoms. The van der Waals surface area contributed by atoms with Gasteiger partial charge in [0.05, 0.1) is 10.1 Å². The first kappa shape index (κ1) is 27.4. The van der Waals surface area contributed by atoms with E-state index >= 15 is 0 Å². The summed E-state index contributed by atoms with van der Waals surface area (Å²) in [7, 11) is -13.3. The van der Waals surface area contributed by atoms with Crippen molar-refractivity contribution in [3.63, 3.8) is 0 Å². The number of rotatable bonds is 6. The van der Waals surface area contributed by atoms with E-state index in [0.29, 0.717) is 49.9 Å². The van der Waals surface area contributed by atoms with Crippen LogP contribution >= 0.6 is 10.2 Å². The first-order valence-electron chi connectivity index (χ1n) is 12.5. The molecule has 1 aliphatic carbocycles. The van der Waals surface area contributed by atoms with E-state index in [1.54, 1.807) is 30.3 Å². The summed E-state index contributed by atoms with van der Waals surface area (Å²) in [4.78, 5) is 10.2. The maximum atomic E-state index is 13.3. The van der Waals surface area contributed by atoms with Gasteiger partial charge >= 0.3 is 10.2 Å². The first-order chi connectivity index (χ1) is 18.1. The molecule has 1 heterocycles. The van der Waals surface area contributed by atoms with E-state index in [1.807, 2.05) is 12.1 Å². The average molecular weight is 587 g/mol. The molecule has 0 bridgehead atoms. The van der Waals surface area contributed by atoms with E-state index < -0.39 is 30.2 Å². The zero-order chi connectivity index (χ0) is 28.1. The predicted octanol–water partition coefficient (Wildman–Crippen LogP) is 7.49. The fraction of sp³-hybridized carbons (Fsp3) is 0.296. The number of hydrogen-bond acceptors (Lipinski definition) is 4. The fourth-order valence-corrected chi connectivity index (χ4v) is 7.64. The van der Waals surface area contributed by atoms with E-state index in [-0.39, 0.29) is 22.5 Å². The van der Waals surface area contributed by atoms with Crippen molar-refractivity contribution in [3.05, 3.63) is 77.9 Å². The molecular formula is C27H27F5N2O3S2. The van der Waals surface area contributed by atoms with Crippen molar-refractivity contribution in [1.82, 2.24) is 5.32 Å². The SMILES string of the molecule is O=C1NCCc2cc(-c3ccc(S(=O)(=O)C4CCC(Nc5ccc(S(F)(F)(F)(F)F)cc5)CC4)cc3)ccc21. The molecular weight excluding hydrogens is 559 g/mol. The van der Waals surface area contributed by atoms with Gasteiger partial charge in [-0.2, -0.15) is 0 Å². The molecule has 0 saturated heterocycles. The number of carbonyl (C=O) groups is 1. The molecule has 210 valence electrons. The van der Waals surface area contributed by atoms with Crippen molar-refractivity contribution in [2.24, 2.45) is 0 Å². The van der Waals surface area contributed by atoms with Gasteiger partial charge in [0.15, 0.2) is 9.84 Å². The lowest BCUT2D eigenvalue weighted by Crippen LogP contribution is -2.32. The monoisotopic (exact) mass is 586 g/mol. The number of sulfone groups is 1. The average Bonchev–Trinajstić information content (AvgIpc) is 2.88. The topological polar surface area (TPSA) is 75.3 Å². The summed E-state index contributed by atoms with van der Waals surface area (Å²) in [5.74, 6) is -0.0979. The predicted molar refractivity (Wildman–Crippen MR) is 143 cm³/mol. The summed E-state index contributed by atoms with van der Waals surface area (Å²) < 4.78 is 91.2. The Kier molecular flexibility index (Phi) is 6.30. The van der Waals surface area contributed by atoms with Crippen molar-refractivity contribution in [2.75, 3.05) is 11.9 Å². The molecule has 5 rings (SSSR count). The molecule has 12 heteroatoms. The van der Waals surface area contributed by atoms with Crippen molar-refractivity contribution in [2.45, 2.75) is 53.2 Å². The molecule has 0 spiro atoms. The Morgan fingerprint density at radius 3 is 2.03 bits per heavy atom. The Bertz CT molecular complexity index is 1520. The van der Waals surface area contributed by atoms with Crippen LogP contribution in [0.25, 0.3) is 11.1 Å². The van der Waals surface area contributed by atoms with Gasteiger partial charge in [0.1, 0.15) is 4.90 Å². The van der Waals surface area contributed by atoms with E-state index in [2.05, 4.69) is 10.6 Å². The minimum absolute atomic E-state index is 0.0979. The lowest BCUT2D eigenvalue weighted by molar-refractivity contribution is 0.0946. The molecule has 3 aromatic carbocycles. The van der Waals surface area contributed by atoms with Gasteiger partial charge in [0, 0.05) is 23.8 Å². The van der Waals surface area contributed by atoms with E-state index in [9.17, 15) is 32.6 Å². The molecule has 5 nitrogen and oxygen atoms in total. The lowest BCUT2D eigenvalue weighted by atomic mass is 9.95. The normalized spacial score (nSPS) is 21.7. The van der Waals surface area contributed by atoms with E-state index in [1.165, 1.54) is 0 Å². The Hall–Kier alpha value is -3.12. The van der Waals surface area contributed by atoms with Gasteiger partial charge in [-0.15, -0.1) is 0 Å². The molecule has 0 atom stereocenters. The van der Waals surface area contributed by atoms with Gasteiger partial charge in [-0.3, -0.25) is 4.79 Å². The van der Waals surface area contributed by atoms with Gasteiger partial charge in [-0.05, 0) is 91.3 Å². The van der Waals surface area contributed by atoms with Crippen LogP contribution in [-0.4, -0.2) is 32.2 Å². The van der Waals surface area contributed by atoms with Crippen LogP contribution in [0.3, 0.4) is 0 Å². The maximum absolute atomic E-state index is 13.3. The van der Waals surface area contributed by atoms with Crippen LogP contribution < -0.4 is 10.6 Å². The summed E-state index contributed by atoms with van der Waals surface area (Å²) in [6, 6.07) is 14.7. The molecule has 1 aliphatic heterocycles. The van der Waals surface area contributed by atoms with Gasteiger partial charge in [0.25, 0.3) is 5.91 Å². The molecule has 2 N–H and O–H groups in total. The molecule has 1 amide bonds. The number of benzene rings is 3. The van der Waals surface area contributed by atoms with Crippen LogP contribution in [0.15, 0.2) is 76.5 Å². The van der Waals surface area contributed by atoms with Gasteiger partial charge in [0.2, 0.25) is 0 Å². The standard InChI is InChI=1S/C27H27F5N2O3S2/c28-39(29,30,31,32)25-12-6-22(7-13-25)34-21-4-10-24(11-5-21)38(36,37)23-8-1-18(2-9-23)19-3-14-26-20(17-19)15-16-33-27(26)35/h1-3,6-9,12-14,17,21,24,34H,4-5,10-11,15-16H2,(H,33,35). The zero-order valence-electron chi connectivity index (χ0n) is 20.7. The molecule has 0 radical (unpaired) electrons. The van der Waals surface area contributed by atoms with Crippen molar-refractivity contribution < 1.29 is 32.6 Å². The van der Waals surface area contributed by atoms with E-state index in [0.717, 1.165) is 35.2 Å². The number of anilines is 1. The largest absolute Gasteiger partial charge is 0.382 e. The molecule has 1 fully saturated rings. The number of fused-ring (bicyclic) bond motifs is 1. The molecule has 1 saturated carbocycles. The third-order valence-corrected chi connectivity index (χ3v) is 10.8. The molecule has 0 unspecified atom stereocenters. The molecule has 3 aromatic rings. The second kappa shape index (κ2) is 8.95. The van der Waals surface area contributed by atoms with Crippen molar-refractivity contribution in [3.8, 4) is 11.1 Å².